The molecule has 0 saturated carbocycles. The minimum absolute atomic E-state index is 0.0328. The molecule has 0 aliphatic carbocycles. The Morgan fingerprint density at radius 1 is 0.737 bits per heavy atom. The Balaban J connectivity index is 2.85. The van der Waals surface area contributed by atoms with E-state index in [1.165, 1.54) is 5.57 Å². The second-order valence-corrected chi connectivity index (χ2v) is 33.6. The van der Waals surface area contributed by atoms with Gasteiger partial charge in [0, 0.05) is 37.2 Å². The molecule has 2 fully saturated rings. The SMILES string of the molecule is C/C=C(\C)C[C@H](C)[C@H](O[Si](CC)(CC)CC)[C@@H](C)[C@H]1O[C@@]2(C[C@@H](OC)[C@H]1C)O[C@H]([C@@H](C)[C@@H](O[Si](CC)(CC)CC)[C@@H](C)/C=C\I)[C@@H](C)C[C@@H]2O[Si](CC)(CC)CC. The molecule has 1 spiro atoms. The Kier molecular flexibility index (Phi) is 23.1. The van der Waals surface area contributed by atoms with Gasteiger partial charge in [-0.15, -0.1) is 0 Å². The Morgan fingerprint density at radius 3 is 1.63 bits per heavy atom. The van der Waals surface area contributed by atoms with Gasteiger partial charge in [0.25, 0.3) is 0 Å². The highest BCUT2D eigenvalue weighted by molar-refractivity contribution is 14.1. The molecule has 0 N–H and O–H groups in total. The topological polar surface area (TPSA) is 55.4 Å². The molecule has 0 aromatic heterocycles. The molecule has 0 radical (unpaired) electrons. The normalized spacial score (nSPS) is 30.1. The first-order chi connectivity index (χ1) is 26.9. The summed E-state index contributed by atoms with van der Waals surface area (Å²) in [5, 5.41) is 0. The molecule has 2 rings (SSSR count). The number of ether oxygens (including phenoxy) is 3. The second kappa shape index (κ2) is 24.5. The van der Waals surface area contributed by atoms with Gasteiger partial charge in [0.05, 0.1) is 36.6 Å². The maximum atomic E-state index is 7.84. The van der Waals surface area contributed by atoms with Crippen molar-refractivity contribution in [1.82, 2.24) is 0 Å². The number of methoxy groups -OCH3 is 1. The lowest BCUT2D eigenvalue weighted by atomic mass is 9.74. The molecule has 10 heteroatoms. The lowest BCUT2D eigenvalue weighted by Crippen LogP contribution is -2.68. The van der Waals surface area contributed by atoms with Crippen LogP contribution in [0.15, 0.2) is 21.8 Å². The van der Waals surface area contributed by atoms with Crippen molar-refractivity contribution in [2.75, 3.05) is 7.11 Å². The lowest BCUT2D eigenvalue weighted by molar-refractivity contribution is -0.388. The third kappa shape index (κ3) is 12.9. The minimum Gasteiger partial charge on any atom is -0.413 e. The van der Waals surface area contributed by atoms with Crippen molar-refractivity contribution >= 4 is 47.5 Å². The highest BCUT2D eigenvalue weighted by Crippen LogP contribution is 2.51. The molecule has 336 valence electrons. The summed E-state index contributed by atoms with van der Waals surface area (Å²) in [6, 6.07) is 10.1. The second-order valence-electron chi connectivity index (χ2n) is 18.7. The van der Waals surface area contributed by atoms with E-state index in [9.17, 15) is 0 Å². The van der Waals surface area contributed by atoms with E-state index in [-0.39, 0.29) is 66.2 Å². The molecule has 2 heterocycles. The average molecular weight is 965 g/mol. The van der Waals surface area contributed by atoms with Crippen molar-refractivity contribution in [1.29, 1.82) is 0 Å². The molecule has 13 atom stereocenters. The van der Waals surface area contributed by atoms with Gasteiger partial charge in [-0.1, -0.05) is 144 Å². The molecule has 0 aromatic carbocycles. The van der Waals surface area contributed by atoms with Gasteiger partial charge in [-0.3, -0.25) is 0 Å². The van der Waals surface area contributed by atoms with Crippen LogP contribution in [0.5, 0.6) is 0 Å². The van der Waals surface area contributed by atoms with Gasteiger partial charge in [0.1, 0.15) is 0 Å². The summed E-state index contributed by atoms with van der Waals surface area (Å²) >= 11 is 2.37. The van der Waals surface area contributed by atoms with Gasteiger partial charge in [-0.25, -0.2) is 0 Å². The zero-order chi connectivity index (χ0) is 43.4. The minimum atomic E-state index is -2.05. The quantitative estimate of drug-likeness (QED) is 0.0516. The molecule has 2 aliphatic rings. The zero-order valence-corrected chi connectivity index (χ0v) is 45.6. The molecule has 0 aromatic rings. The maximum absolute atomic E-state index is 7.84. The molecule has 2 aliphatic heterocycles. The van der Waals surface area contributed by atoms with E-state index in [0.29, 0.717) is 12.3 Å². The first-order valence-electron chi connectivity index (χ1n) is 23.7. The molecule has 0 unspecified atom stereocenters. The van der Waals surface area contributed by atoms with E-state index in [4.69, 9.17) is 27.5 Å². The van der Waals surface area contributed by atoms with Crippen molar-refractivity contribution in [3.05, 3.63) is 21.8 Å². The number of hydrogen-bond donors (Lipinski definition) is 0. The molecule has 2 saturated heterocycles. The fourth-order valence-electron chi connectivity index (χ4n) is 10.7. The summed E-state index contributed by atoms with van der Waals surface area (Å²) in [7, 11) is -4.04. The highest BCUT2D eigenvalue weighted by atomic mass is 127. The Morgan fingerprint density at radius 2 is 1.19 bits per heavy atom. The van der Waals surface area contributed by atoms with Crippen LogP contribution in [0.2, 0.25) is 54.4 Å². The molecule has 0 bridgehead atoms. The van der Waals surface area contributed by atoms with Gasteiger partial charge in [0.2, 0.25) is 0 Å². The zero-order valence-electron chi connectivity index (χ0n) is 40.5. The number of allylic oxidation sites excluding steroid dienone is 2. The highest BCUT2D eigenvalue weighted by Gasteiger charge is 2.60. The van der Waals surface area contributed by atoms with E-state index in [2.05, 4.69) is 157 Å². The maximum Gasteiger partial charge on any atom is 0.196 e. The van der Waals surface area contributed by atoms with Crippen LogP contribution in [0.1, 0.15) is 137 Å². The number of hydrogen-bond acceptors (Lipinski definition) is 6. The predicted molar refractivity (Wildman–Crippen MR) is 261 cm³/mol. The van der Waals surface area contributed by atoms with Gasteiger partial charge in [0.15, 0.2) is 30.7 Å². The Labute approximate surface area is 371 Å². The van der Waals surface area contributed by atoms with Crippen molar-refractivity contribution in [3.8, 4) is 0 Å². The summed E-state index contributed by atoms with van der Waals surface area (Å²) in [5.74, 6) is 0.415. The van der Waals surface area contributed by atoms with Crippen LogP contribution in [0.25, 0.3) is 0 Å². The molecular formula is C47H93IO6Si3. The lowest BCUT2D eigenvalue weighted by Gasteiger charge is -2.59. The average Bonchev–Trinajstić information content (AvgIpc) is 3.22. The van der Waals surface area contributed by atoms with Gasteiger partial charge in [-0.2, -0.15) is 0 Å². The van der Waals surface area contributed by atoms with E-state index in [1.54, 1.807) is 0 Å². The smallest absolute Gasteiger partial charge is 0.196 e. The molecular weight excluding hydrogens is 872 g/mol. The first kappa shape index (κ1) is 53.8. The van der Waals surface area contributed by atoms with E-state index in [0.717, 1.165) is 67.2 Å². The van der Waals surface area contributed by atoms with E-state index in [1.807, 2.05) is 7.11 Å². The summed E-state index contributed by atoms with van der Waals surface area (Å²) in [5.41, 5.74) is 1.42. The third-order valence-corrected chi connectivity index (χ3v) is 30.2. The summed E-state index contributed by atoms with van der Waals surface area (Å²) in [6.07, 6.45) is 6.94. The standard InChI is InChI=1S/C47H93IO6Si3/c1-19-34(11)31-36(13)45(54-57(26-8,27-9)28-10)40(17)46-38(15)41(49-18)33-47(51-46)42(52-55(20-2,21-3)22-4)32-37(14)43(50-47)39(16)44(35(12)29-30-48)53-56(23-5,24-6)25-7/h19,29-30,35-46H,20-28,31-33H2,1-18H3/b30-29-,34-19+/t35-,36-,37-,38+,39+,40+,41+,42-,43-,44-,45-,46-,47+/m0/s1. The number of rotatable bonds is 25. The largest absolute Gasteiger partial charge is 0.413 e. The Bertz CT molecular complexity index is 1180. The van der Waals surface area contributed by atoms with Crippen LogP contribution in [0.4, 0.5) is 0 Å². The monoisotopic (exact) mass is 965 g/mol. The van der Waals surface area contributed by atoms with Crippen LogP contribution in [0.3, 0.4) is 0 Å². The summed E-state index contributed by atoms with van der Waals surface area (Å²) < 4.78 is 47.1. The summed E-state index contributed by atoms with van der Waals surface area (Å²) in [6.45, 7) is 39.9. The van der Waals surface area contributed by atoms with Crippen LogP contribution in [-0.2, 0) is 27.5 Å². The predicted octanol–water partition coefficient (Wildman–Crippen LogP) is 14.6. The van der Waals surface area contributed by atoms with Crippen molar-refractivity contribution < 1.29 is 27.5 Å². The fraction of sp³-hybridized carbons (Fsp3) is 0.915. The van der Waals surface area contributed by atoms with E-state index >= 15 is 0 Å². The Hall–Kier alpha value is 0.621. The van der Waals surface area contributed by atoms with Crippen LogP contribution < -0.4 is 0 Å². The third-order valence-electron chi connectivity index (χ3n) is 15.8. The van der Waals surface area contributed by atoms with Gasteiger partial charge >= 0.3 is 0 Å². The van der Waals surface area contributed by atoms with Gasteiger partial charge < -0.3 is 27.5 Å². The van der Waals surface area contributed by atoms with Crippen molar-refractivity contribution in [2.24, 2.45) is 35.5 Å². The van der Waals surface area contributed by atoms with Crippen LogP contribution in [-0.4, -0.2) is 74.5 Å². The first-order valence-corrected chi connectivity index (χ1v) is 32.6. The number of halogens is 1. The van der Waals surface area contributed by atoms with Crippen molar-refractivity contribution in [3.63, 3.8) is 0 Å². The van der Waals surface area contributed by atoms with Crippen LogP contribution >= 0.6 is 22.6 Å². The van der Waals surface area contributed by atoms with E-state index < -0.39 is 30.7 Å². The fourth-order valence-corrected chi connectivity index (χ4v) is 20.3. The summed E-state index contributed by atoms with van der Waals surface area (Å²) in [4.78, 5) is 0. The molecule has 57 heavy (non-hydrogen) atoms. The van der Waals surface area contributed by atoms with Crippen LogP contribution in [0, 0.1) is 35.5 Å². The van der Waals surface area contributed by atoms with Crippen molar-refractivity contribution in [2.45, 2.75) is 234 Å². The van der Waals surface area contributed by atoms with Gasteiger partial charge in [-0.05, 0) is 97.0 Å². The molecule has 0 amide bonds. The molecule has 6 nitrogen and oxygen atoms in total.